The number of benzene rings is 1. The zero-order valence-corrected chi connectivity index (χ0v) is 14.4. The van der Waals surface area contributed by atoms with E-state index in [4.69, 9.17) is 4.42 Å². The molecule has 0 aliphatic carbocycles. The van der Waals surface area contributed by atoms with Gasteiger partial charge in [-0.15, -0.1) is 0 Å². The Labute approximate surface area is 148 Å². The van der Waals surface area contributed by atoms with E-state index in [0.717, 1.165) is 18.2 Å². The first-order valence-electron chi connectivity index (χ1n) is 7.87. The molecule has 0 spiro atoms. The predicted octanol–water partition coefficient (Wildman–Crippen LogP) is 3.13. The summed E-state index contributed by atoms with van der Waals surface area (Å²) in [5, 5.41) is 0. The third-order valence-electron chi connectivity index (χ3n) is 4.25. The van der Waals surface area contributed by atoms with Crippen LogP contribution in [0.1, 0.15) is 28.1 Å². The fourth-order valence-electron chi connectivity index (χ4n) is 2.95. The average Bonchev–Trinajstić information content (AvgIpc) is 3.20. The fraction of sp³-hybridized carbons (Fsp3) is 0.353. The van der Waals surface area contributed by atoms with Crippen LogP contribution in [0.5, 0.6) is 0 Å². The summed E-state index contributed by atoms with van der Waals surface area (Å²) in [7, 11) is -3.27. The van der Waals surface area contributed by atoms with Crippen molar-refractivity contribution in [1.29, 1.82) is 0 Å². The van der Waals surface area contributed by atoms with E-state index in [9.17, 15) is 26.4 Å². The minimum atomic E-state index is -4.57. The summed E-state index contributed by atoms with van der Waals surface area (Å²) in [5.74, 6) is -0.495. The molecule has 2 heterocycles. The predicted molar refractivity (Wildman–Crippen MR) is 87.1 cm³/mol. The maximum absolute atomic E-state index is 12.9. The molecular formula is C17H16F3NO4S. The average molecular weight is 387 g/mol. The minimum Gasteiger partial charge on any atom is -0.467 e. The van der Waals surface area contributed by atoms with Gasteiger partial charge in [0.25, 0.3) is 5.91 Å². The molecule has 0 unspecified atom stereocenters. The number of furan rings is 1. The lowest BCUT2D eigenvalue weighted by molar-refractivity contribution is -0.137. The first-order chi connectivity index (χ1) is 12.2. The molecule has 1 aliphatic rings. The summed E-state index contributed by atoms with van der Waals surface area (Å²) in [5.41, 5.74) is -1.07. The minimum absolute atomic E-state index is 0.0116. The van der Waals surface area contributed by atoms with Crippen molar-refractivity contribution >= 4 is 15.7 Å². The van der Waals surface area contributed by atoms with Crippen LogP contribution in [0.15, 0.2) is 47.1 Å². The van der Waals surface area contributed by atoms with Gasteiger partial charge in [-0.25, -0.2) is 8.42 Å². The molecule has 1 aliphatic heterocycles. The van der Waals surface area contributed by atoms with Crippen LogP contribution in [0.3, 0.4) is 0 Å². The van der Waals surface area contributed by atoms with Gasteiger partial charge in [-0.2, -0.15) is 13.2 Å². The van der Waals surface area contributed by atoms with Crippen LogP contribution in [0.2, 0.25) is 0 Å². The second kappa shape index (κ2) is 6.79. The highest BCUT2D eigenvalue weighted by Gasteiger charge is 2.36. The molecule has 0 N–H and O–H groups in total. The lowest BCUT2D eigenvalue weighted by atomic mass is 10.1. The van der Waals surface area contributed by atoms with Crippen molar-refractivity contribution in [3.63, 3.8) is 0 Å². The highest BCUT2D eigenvalue weighted by Crippen LogP contribution is 2.30. The molecule has 1 amide bonds. The van der Waals surface area contributed by atoms with Crippen molar-refractivity contribution in [3.05, 3.63) is 59.5 Å². The lowest BCUT2D eigenvalue weighted by Crippen LogP contribution is -2.40. The normalized spacial score (nSPS) is 19.4. The van der Waals surface area contributed by atoms with Crippen LogP contribution < -0.4 is 0 Å². The van der Waals surface area contributed by atoms with Gasteiger partial charge in [0.1, 0.15) is 5.76 Å². The van der Waals surface area contributed by atoms with E-state index >= 15 is 0 Å². The summed E-state index contributed by atoms with van der Waals surface area (Å²) in [4.78, 5) is 14.1. The maximum atomic E-state index is 12.9. The van der Waals surface area contributed by atoms with Gasteiger partial charge in [0.2, 0.25) is 0 Å². The van der Waals surface area contributed by atoms with E-state index in [2.05, 4.69) is 0 Å². The lowest BCUT2D eigenvalue weighted by Gasteiger charge is -2.27. The van der Waals surface area contributed by atoms with E-state index in [0.29, 0.717) is 5.76 Å². The van der Waals surface area contributed by atoms with Crippen molar-refractivity contribution in [2.24, 2.45) is 0 Å². The molecule has 140 valence electrons. The largest absolute Gasteiger partial charge is 0.467 e. The number of alkyl halides is 3. The zero-order valence-electron chi connectivity index (χ0n) is 13.6. The quantitative estimate of drug-likeness (QED) is 0.808. The number of rotatable bonds is 4. The topological polar surface area (TPSA) is 67.6 Å². The summed E-state index contributed by atoms with van der Waals surface area (Å²) in [6.07, 6.45) is -2.92. The molecule has 0 radical (unpaired) electrons. The van der Waals surface area contributed by atoms with Crippen LogP contribution in [-0.4, -0.2) is 36.8 Å². The number of carbonyl (C=O) groups excluding carboxylic acids is 1. The van der Waals surface area contributed by atoms with Crippen LogP contribution >= 0.6 is 0 Å². The number of hydrogen-bond donors (Lipinski definition) is 0. The van der Waals surface area contributed by atoms with E-state index in [1.807, 2.05) is 0 Å². The van der Waals surface area contributed by atoms with E-state index in [1.165, 1.54) is 17.2 Å². The highest BCUT2D eigenvalue weighted by atomic mass is 32.2. The van der Waals surface area contributed by atoms with Crippen molar-refractivity contribution in [3.8, 4) is 0 Å². The molecular weight excluding hydrogens is 371 g/mol. The highest BCUT2D eigenvalue weighted by molar-refractivity contribution is 7.91. The Morgan fingerprint density at radius 2 is 2.00 bits per heavy atom. The first kappa shape index (κ1) is 18.5. The molecule has 9 heteroatoms. The Morgan fingerprint density at radius 3 is 2.58 bits per heavy atom. The molecule has 0 saturated carbocycles. The Bertz CT molecular complexity index is 891. The SMILES string of the molecule is O=C(c1cccc(C(F)(F)F)c1)N(Cc1ccco1)[C@@H]1CCS(=O)(=O)C1. The summed E-state index contributed by atoms with van der Waals surface area (Å²) in [6.45, 7) is -0.0116. The summed E-state index contributed by atoms with van der Waals surface area (Å²) in [6, 6.07) is 6.74. The standard InChI is InChI=1S/C17H16F3NO4S/c18-17(19,20)13-4-1-3-12(9-13)16(22)21(10-15-5-2-7-25-15)14-6-8-26(23,24)11-14/h1-5,7,9,14H,6,8,10-11H2/t14-/m1/s1. The number of amides is 1. The molecule has 1 aromatic heterocycles. The third-order valence-corrected chi connectivity index (χ3v) is 6.00. The second-order valence-electron chi connectivity index (χ2n) is 6.15. The molecule has 1 saturated heterocycles. The third kappa shape index (κ3) is 4.09. The van der Waals surface area contributed by atoms with Gasteiger partial charge < -0.3 is 9.32 Å². The number of nitrogens with zero attached hydrogens (tertiary/aromatic N) is 1. The van der Waals surface area contributed by atoms with E-state index < -0.39 is 33.5 Å². The molecule has 3 rings (SSSR count). The maximum Gasteiger partial charge on any atom is 0.416 e. The Balaban J connectivity index is 1.92. The van der Waals surface area contributed by atoms with Crippen molar-refractivity contribution in [2.75, 3.05) is 11.5 Å². The number of sulfone groups is 1. The molecule has 0 bridgehead atoms. The number of halogens is 3. The Kier molecular flexibility index (Phi) is 4.83. The number of carbonyl (C=O) groups is 1. The van der Waals surface area contributed by atoms with Gasteiger partial charge >= 0.3 is 6.18 Å². The van der Waals surface area contributed by atoms with Gasteiger partial charge in [-0.05, 0) is 36.8 Å². The van der Waals surface area contributed by atoms with Crippen LogP contribution in [0, 0.1) is 0 Å². The molecule has 1 aromatic carbocycles. The van der Waals surface area contributed by atoms with Gasteiger partial charge in [0.15, 0.2) is 9.84 Å². The van der Waals surface area contributed by atoms with Crippen molar-refractivity contribution in [2.45, 2.75) is 25.2 Å². The smallest absolute Gasteiger partial charge is 0.416 e. The Morgan fingerprint density at radius 1 is 1.23 bits per heavy atom. The monoisotopic (exact) mass is 387 g/mol. The molecule has 1 fully saturated rings. The van der Waals surface area contributed by atoms with Crippen LogP contribution in [-0.2, 0) is 22.6 Å². The summed E-state index contributed by atoms with van der Waals surface area (Å²) < 4.78 is 67.5. The molecule has 2 aromatic rings. The Hall–Kier alpha value is -2.29. The van der Waals surface area contributed by atoms with Gasteiger partial charge in [-0.3, -0.25) is 4.79 Å². The van der Waals surface area contributed by atoms with E-state index in [-0.39, 0.29) is 30.0 Å². The molecule has 26 heavy (non-hydrogen) atoms. The molecule has 1 atom stereocenters. The van der Waals surface area contributed by atoms with Crippen molar-refractivity contribution < 1.29 is 30.8 Å². The summed E-state index contributed by atoms with van der Waals surface area (Å²) >= 11 is 0. The van der Waals surface area contributed by atoms with Crippen LogP contribution in [0.4, 0.5) is 13.2 Å². The van der Waals surface area contributed by atoms with Gasteiger partial charge in [0.05, 0.1) is 29.9 Å². The van der Waals surface area contributed by atoms with Crippen LogP contribution in [0.25, 0.3) is 0 Å². The van der Waals surface area contributed by atoms with Crippen molar-refractivity contribution in [1.82, 2.24) is 4.90 Å². The second-order valence-corrected chi connectivity index (χ2v) is 8.38. The zero-order chi connectivity index (χ0) is 18.9. The fourth-order valence-corrected chi connectivity index (χ4v) is 4.68. The van der Waals surface area contributed by atoms with Gasteiger partial charge in [0, 0.05) is 11.6 Å². The van der Waals surface area contributed by atoms with Gasteiger partial charge in [-0.1, -0.05) is 6.07 Å². The first-order valence-corrected chi connectivity index (χ1v) is 9.69. The molecule has 5 nitrogen and oxygen atoms in total. The van der Waals surface area contributed by atoms with E-state index in [1.54, 1.807) is 12.1 Å². The number of hydrogen-bond acceptors (Lipinski definition) is 4.